The Morgan fingerprint density at radius 2 is 0.693 bits per heavy atom. The third-order valence-electron chi connectivity index (χ3n) is 19.4. The number of hydrogen-bond acceptors (Lipinski definition) is 30. The van der Waals surface area contributed by atoms with Gasteiger partial charge in [-0.25, -0.2) is 0 Å². The van der Waals surface area contributed by atoms with Gasteiger partial charge in [-0.05, 0) is 89.9 Å². The molecule has 0 radical (unpaired) electrons. The number of carbonyl (C=O) groups is 10. The number of rotatable bonds is 67. The summed E-state index contributed by atoms with van der Waals surface area (Å²) in [6.07, 6.45) is -3.59. The molecule has 0 bridgehead atoms. The van der Waals surface area contributed by atoms with Crippen LogP contribution in [0.5, 0.6) is 0 Å². The molecular formula is C76H135N6O31P. The molecule has 3 saturated heterocycles. The smallest absolute Gasteiger partial charge is 0.325 e. The second-order valence-electron chi connectivity index (χ2n) is 29.7. The van der Waals surface area contributed by atoms with Gasteiger partial charge in [-0.15, -0.1) is 0 Å². The highest BCUT2D eigenvalue weighted by atomic mass is 31.2. The molecule has 3 rings (SSSR count). The van der Waals surface area contributed by atoms with Crippen LogP contribution in [0.25, 0.3) is 0 Å². The zero-order valence-corrected chi connectivity index (χ0v) is 68.1. The van der Waals surface area contributed by atoms with Gasteiger partial charge in [-0.2, -0.15) is 0 Å². The van der Waals surface area contributed by atoms with E-state index in [2.05, 4.69) is 31.9 Å². The van der Waals surface area contributed by atoms with Crippen LogP contribution in [-0.4, -0.2) is 313 Å². The molecule has 0 aromatic rings. The summed E-state index contributed by atoms with van der Waals surface area (Å²) >= 11 is 0. The Labute approximate surface area is 669 Å². The van der Waals surface area contributed by atoms with E-state index >= 15 is 0 Å². The number of unbranched alkanes of at least 4 members (excludes halogenated alkanes) is 10. The van der Waals surface area contributed by atoms with Crippen molar-refractivity contribution in [1.82, 2.24) is 31.9 Å². The van der Waals surface area contributed by atoms with Crippen molar-refractivity contribution in [3.63, 3.8) is 0 Å². The molecule has 3 aliphatic rings. The minimum Gasteiger partial charge on any atom is -0.394 e. The van der Waals surface area contributed by atoms with Gasteiger partial charge < -0.3 is 130 Å². The molecular weight excluding hydrogens is 1520 g/mol. The van der Waals surface area contributed by atoms with Gasteiger partial charge in [-0.3, -0.25) is 52.5 Å². The van der Waals surface area contributed by atoms with Crippen molar-refractivity contribution >= 4 is 66.2 Å². The molecule has 0 aliphatic carbocycles. The van der Waals surface area contributed by atoms with Crippen LogP contribution in [0.4, 0.5) is 0 Å². The minimum absolute atomic E-state index is 0.00470. The third kappa shape index (κ3) is 44.6. The average Bonchev–Trinajstić information content (AvgIpc) is 0.814. The molecule has 3 heterocycles. The summed E-state index contributed by atoms with van der Waals surface area (Å²) in [5.41, 5.74) is -1.46. The summed E-state index contributed by atoms with van der Waals surface area (Å²) in [4.78, 5) is 137. The van der Waals surface area contributed by atoms with E-state index in [1.807, 2.05) is 0 Å². The Hall–Kier alpha value is -5.07. The van der Waals surface area contributed by atoms with Crippen LogP contribution < -0.4 is 31.9 Å². The van der Waals surface area contributed by atoms with Gasteiger partial charge >= 0.3 is 7.60 Å². The van der Waals surface area contributed by atoms with E-state index in [9.17, 15) is 103 Å². The molecule has 16 N–H and O–H groups in total. The van der Waals surface area contributed by atoms with Gasteiger partial charge in [0, 0.05) is 143 Å². The standard InChI is InChI=1S/C76H135N6O31P/c1-51-67(96)68(97)58(45-83)111-73(51)107-38-18-13-27-54(88)23-9-7-11-25-56(90)32-42-104-48-76(82-64(95)31-21-30-62(93)77-35-16-5-6-17-41-110-114(4,102)103,49-105-43-33-57(91)26-12-8-10-24-55(89)28-14-19-39-108-74-65(80-52(2)86)71(100)69(98)59(46-84)112-74)50-106-44-34-63(94)79-37-22-36-78-61(92)29-15-20-40-109-75-66(81-53(3)87)72(101)70(99)60(47-85)113-75/h51,58-60,65-75,83-85,96-101H,5-50H2,1-4H3,(H,77,93)(H,78,92)(H,79,94)(H,80,86)(H,81,87)(H,82,95)(H,102,103)/t51?,58?,59?,60?,65?,66?,67-,68+,69+,70+,71-,72-,73-,74-,75-,76?/m1/s1. The molecule has 0 aromatic heterocycles. The summed E-state index contributed by atoms with van der Waals surface area (Å²) in [5, 5.41) is 107. The number of ether oxygens (including phenoxy) is 9. The van der Waals surface area contributed by atoms with E-state index in [-0.39, 0.29) is 184 Å². The number of nitrogens with one attached hydrogen (secondary N) is 6. The monoisotopic (exact) mass is 1660 g/mol. The van der Waals surface area contributed by atoms with Crippen molar-refractivity contribution in [3.8, 4) is 0 Å². The maximum Gasteiger partial charge on any atom is 0.325 e. The first-order valence-electron chi connectivity index (χ1n) is 40.6. The lowest BCUT2D eigenvalue weighted by Crippen LogP contribution is -2.64. The van der Waals surface area contributed by atoms with Gasteiger partial charge in [0.15, 0.2) is 18.9 Å². The Balaban J connectivity index is 1.57. The predicted octanol–water partition coefficient (Wildman–Crippen LogP) is 0.0633. The first kappa shape index (κ1) is 103. The second-order valence-corrected chi connectivity index (χ2v) is 31.6. The van der Waals surface area contributed by atoms with Crippen molar-refractivity contribution in [2.45, 2.75) is 305 Å². The zero-order chi connectivity index (χ0) is 84.3. The number of aliphatic hydroxyl groups is 9. The molecule has 114 heavy (non-hydrogen) atoms. The fourth-order valence-corrected chi connectivity index (χ4v) is 13.3. The molecule has 0 saturated carbocycles. The van der Waals surface area contributed by atoms with Crippen molar-refractivity contribution in [1.29, 1.82) is 0 Å². The van der Waals surface area contributed by atoms with Crippen LogP contribution >= 0.6 is 7.60 Å². The summed E-state index contributed by atoms with van der Waals surface area (Å²) in [7, 11) is -3.56. The topological polar surface area (TPSA) is 555 Å². The molecule has 37 nitrogen and oxygen atoms in total. The number of hydrogen-bond donors (Lipinski definition) is 16. The molecule has 0 spiro atoms. The molecule has 3 aliphatic heterocycles. The van der Waals surface area contributed by atoms with Crippen molar-refractivity contribution in [2.24, 2.45) is 5.92 Å². The van der Waals surface area contributed by atoms with Crippen molar-refractivity contribution in [2.75, 3.05) is 112 Å². The summed E-state index contributed by atoms with van der Waals surface area (Å²) in [6.45, 7) is 3.91. The van der Waals surface area contributed by atoms with Crippen LogP contribution in [0.15, 0.2) is 0 Å². The van der Waals surface area contributed by atoms with Gasteiger partial charge in [0.2, 0.25) is 35.4 Å². The fourth-order valence-electron chi connectivity index (χ4n) is 12.8. The molecule has 17 atom stereocenters. The molecule has 3 fully saturated rings. The van der Waals surface area contributed by atoms with Crippen LogP contribution in [-0.2, 0) is 99.7 Å². The first-order chi connectivity index (χ1) is 54.4. The van der Waals surface area contributed by atoms with E-state index in [0.29, 0.717) is 122 Å². The quantitative estimate of drug-likeness (QED) is 0.0283. The van der Waals surface area contributed by atoms with Crippen LogP contribution in [0.1, 0.15) is 213 Å². The Bertz CT molecular complexity index is 2730. The first-order valence-corrected chi connectivity index (χ1v) is 42.6. The van der Waals surface area contributed by atoms with Crippen LogP contribution in [0.2, 0.25) is 0 Å². The van der Waals surface area contributed by atoms with Crippen molar-refractivity contribution < 1.29 is 151 Å². The Morgan fingerprint density at radius 1 is 0.368 bits per heavy atom. The number of carbonyl (C=O) groups excluding carboxylic acids is 10. The van der Waals surface area contributed by atoms with E-state index in [0.717, 1.165) is 19.5 Å². The number of Topliss-reactive ketones (excluding diaryl/α,β-unsaturated/α-hetero) is 4. The Kier molecular flexibility index (Phi) is 53.9. The molecule has 6 amide bonds. The zero-order valence-electron chi connectivity index (χ0n) is 67.2. The van der Waals surface area contributed by atoms with E-state index in [1.165, 1.54) is 13.8 Å². The van der Waals surface area contributed by atoms with Gasteiger partial charge in [0.25, 0.3) is 0 Å². The predicted molar refractivity (Wildman–Crippen MR) is 408 cm³/mol. The summed E-state index contributed by atoms with van der Waals surface area (Å²) < 4.78 is 68.5. The average molecular weight is 1660 g/mol. The van der Waals surface area contributed by atoms with E-state index < -0.39 is 142 Å². The third-order valence-corrected chi connectivity index (χ3v) is 20.1. The highest BCUT2D eigenvalue weighted by molar-refractivity contribution is 7.51. The largest absolute Gasteiger partial charge is 0.394 e. The van der Waals surface area contributed by atoms with Gasteiger partial charge in [0.1, 0.15) is 89.6 Å². The molecule has 8 unspecified atom stereocenters. The van der Waals surface area contributed by atoms with E-state index in [1.54, 1.807) is 6.92 Å². The molecule has 38 heteroatoms. The highest BCUT2D eigenvalue weighted by Crippen LogP contribution is 2.36. The van der Waals surface area contributed by atoms with E-state index in [4.69, 9.17) is 47.2 Å². The lowest BCUT2D eigenvalue weighted by atomic mass is 9.92. The fraction of sp³-hybridized carbons (Fsp3) is 0.868. The number of aliphatic hydroxyl groups excluding tert-OH is 9. The Morgan fingerprint density at radius 3 is 1.11 bits per heavy atom. The molecule has 0 aromatic carbocycles. The molecule has 660 valence electrons. The highest BCUT2D eigenvalue weighted by Gasteiger charge is 2.47. The lowest BCUT2D eigenvalue weighted by Gasteiger charge is -2.42. The minimum atomic E-state index is -3.56. The summed E-state index contributed by atoms with van der Waals surface area (Å²) in [5.74, 6) is -3.07. The van der Waals surface area contributed by atoms with Gasteiger partial charge in [0.05, 0.1) is 72.2 Å². The maximum atomic E-state index is 13.9. The SMILES string of the molecule is CC(=O)NC1[C@H](OCCCCC(=O)CCCCCC(=O)CCOCC(COCCC(=O)CCCCCC(=O)CCCCO[C@@H]2OC(CO)[C@H](O)[C@H](O)C2C)(COCCC(=O)NCCCNC(=O)CCCCO[C@@H]2OC(CO)[C@H](O)[C@H](O)C2NC(C)=O)NC(=O)CCCC(=O)NCCCCCCOP(C)(=O)O)OC(CO)[C@H](O)[C@@H]1O. The van der Waals surface area contributed by atoms with Crippen molar-refractivity contribution in [3.05, 3.63) is 0 Å². The number of amides is 6. The lowest BCUT2D eigenvalue weighted by molar-refractivity contribution is -0.282. The van der Waals surface area contributed by atoms with Gasteiger partial charge in [-0.1, -0.05) is 32.6 Å². The normalized spacial score (nSPS) is 24.7. The summed E-state index contributed by atoms with van der Waals surface area (Å²) in [6, 6.07) is -2.18. The maximum absolute atomic E-state index is 13.9. The van der Waals surface area contributed by atoms with Crippen LogP contribution in [0, 0.1) is 5.92 Å². The van der Waals surface area contributed by atoms with Crippen LogP contribution in [0.3, 0.4) is 0 Å². The number of ketones is 4. The second kappa shape index (κ2) is 59.6.